The Hall–Kier alpha value is -3.03. The van der Waals surface area contributed by atoms with E-state index in [-0.39, 0.29) is 30.6 Å². The van der Waals surface area contributed by atoms with Gasteiger partial charge in [0.1, 0.15) is 0 Å². The molecule has 2 fully saturated rings. The van der Waals surface area contributed by atoms with Crippen molar-refractivity contribution < 1.29 is 14.4 Å². The highest BCUT2D eigenvalue weighted by atomic mass is 16.2. The second kappa shape index (κ2) is 10.7. The molecule has 7 heteroatoms. The predicted molar refractivity (Wildman–Crippen MR) is 136 cm³/mol. The van der Waals surface area contributed by atoms with E-state index in [0.29, 0.717) is 26.2 Å². The van der Waals surface area contributed by atoms with Crippen LogP contribution in [0.2, 0.25) is 0 Å². The molecule has 7 nitrogen and oxygen atoms in total. The summed E-state index contributed by atoms with van der Waals surface area (Å²) < 4.78 is 0. The van der Waals surface area contributed by atoms with Crippen molar-refractivity contribution in [3.8, 4) is 0 Å². The summed E-state index contributed by atoms with van der Waals surface area (Å²) in [5.41, 5.74) is 1.86. The van der Waals surface area contributed by atoms with E-state index < -0.39 is 5.41 Å². The largest absolute Gasteiger partial charge is 0.340 e. The number of benzene rings is 2. The van der Waals surface area contributed by atoms with E-state index in [1.54, 1.807) is 0 Å². The molecule has 2 heterocycles. The fraction of sp³-hybridized carbons (Fsp3) is 0.464. The van der Waals surface area contributed by atoms with E-state index in [1.807, 2.05) is 73.3 Å². The van der Waals surface area contributed by atoms with Gasteiger partial charge in [-0.1, -0.05) is 54.6 Å². The fourth-order valence-electron chi connectivity index (χ4n) is 5.25. The normalized spacial score (nSPS) is 21.3. The number of amides is 3. The highest BCUT2D eigenvalue weighted by Gasteiger charge is 2.54. The zero-order chi connectivity index (χ0) is 25.0. The molecule has 2 saturated heterocycles. The van der Waals surface area contributed by atoms with E-state index in [1.165, 1.54) is 10.5 Å². The average Bonchev–Trinajstić information content (AvgIpc) is 3.08. The van der Waals surface area contributed by atoms with Crippen LogP contribution in [0.3, 0.4) is 0 Å². The third-order valence-corrected chi connectivity index (χ3v) is 7.27. The van der Waals surface area contributed by atoms with Crippen LogP contribution in [0.5, 0.6) is 0 Å². The first-order chi connectivity index (χ1) is 16.8. The molecule has 186 valence electrons. The molecule has 0 aliphatic carbocycles. The smallest absolute Gasteiger partial charge is 0.240 e. The third-order valence-electron chi connectivity index (χ3n) is 7.27. The molecular weight excluding hydrogens is 440 g/mol. The number of piperazine rings is 1. The minimum absolute atomic E-state index is 0.0274. The maximum Gasteiger partial charge on any atom is 0.240 e. The Morgan fingerprint density at radius 2 is 1.60 bits per heavy atom. The number of likely N-dealkylation sites (N-methyl/N-ethyl adjacent to an activating group) is 1. The summed E-state index contributed by atoms with van der Waals surface area (Å²) in [6.45, 7) is 6.58. The summed E-state index contributed by atoms with van der Waals surface area (Å²) in [6.07, 6.45) is 0.0728. The molecule has 2 aromatic rings. The molecule has 0 aromatic heterocycles. The molecule has 0 bridgehead atoms. The maximum absolute atomic E-state index is 13.8. The van der Waals surface area contributed by atoms with Crippen LogP contribution in [0.1, 0.15) is 29.5 Å². The molecule has 0 N–H and O–H groups in total. The summed E-state index contributed by atoms with van der Waals surface area (Å²) in [6, 6.07) is 18.0. The van der Waals surface area contributed by atoms with Crippen molar-refractivity contribution in [3.63, 3.8) is 0 Å². The standard InChI is InChI=1S/C28H36N4O3/c1-22-9-7-8-12-24(22)28(20-26(34)32(27(28)35)18-13-29(2)3)19-25(33)31-16-14-30(15-17-31)21-23-10-5-4-6-11-23/h4-12H,13-21H2,1-3H3. The summed E-state index contributed by atoms with van der Waals surface area (Å²) in [4.78, 5) is 47.9. The van der Waals surface area contributed by atoms with Crippen molar-refractivity contribution in [2.24, 2.45) is 0 Å². The van der Waals surface area contributed by atoms with Gasteiger partial charge in [-0.25, -0.2) is 0 Å². The van der Waals surface area contributed by atoms with Gasteiger partial charge < -0.3 is 9.80 Å². The van der Waals surface area contributed by atoms with Crippen LogP contribution in [0.15, 0.2) is 54.6 Å². The summed E-state index contributed by atoms with van der Waals surface area (Å²) in [5, 5.41) is 0. The Morgan fingerprint density at radius 3 is 2.26 bits per heavy atom. The van der Waals surface area contributed by atoms with Crippen LogP contribution in [-0.2, 0) is 26.3 Å². The Bertz CT molecular complexity index is 1060. The monoisotopic (exact) mass is 476 g/mol. The molecule has 1 unspecified atom stereocenters. The van der Waals surface area contributed by atoms with E-state index in [9.17, 15) is 14.4 Å². The molecule has 2 aliphatic heterocycles. The maximum atomic E-state index is 13.8. The van der Waals surface area contributed by atoms with Crippen molar-refractivity contribution in [2.75, 3.05) is 53.4 Å². The van der Waals surface area contributed by atoms with Crippen LogP contribution >= 0.6 is 0 Å². The highest BCUT2D eigenvalue weighted by Crippen LogP contribution is 2.41. The van der Waals surface area contributed by atoms with Gasteiger partial charge in [0.2, 0.25) is 17.7 Å². The first-order valence-corrected chi connectivity index (χ1v) is 12.4. The van der Waals surface area contributed by atoms with Crippen molar-refractivity contribution >= 4 is 17.7 Å². The van der Waals surface area contributed by atoms with Crippen molar-refractivity contribution in [3.05, 3.63) is 71.3 Å². The number of aryl methyl sites for hydroxylation is 1. The van der Waals surface area contributed by atoms with Crippen molar-refractivity contribution in [1.29, 1.82) is 0 Å². The lowest BCUT2D eigenvalue weighted by atomic mass is 9.74. The van der Waals surface area contributed by atoms with E-state index >= 15 is 0 Å². The third kappa shape index (κ3) is 5.46. The number of likely N-dealkylation sites (tertiary alicyclic amines) is 1. The van der Waals surface area contributed by atoms with Gasteiger partial charge in [-0.2, -0.15) is 0 Å². The fourth-order valence-corrected chi connectivity index (χ4v) is 5.25. The number of hydrogen-bond donors (Lipinski definition) is 0. The number of carbonyl (C=O) groups is 3. The number of rotatable bonds is 8. The zero-order valence-corrected chi connectivity index (χ0v) is 21.1. The molecule has 3 amide bonds. The number of hydrogen-bond acceptors (Lipinski definition) is 5. The van der Waals surface area contributed by atoms with Gasteiger partial charge in [-0.15, -0.1) is 0 Å². The molecule has 0 spiro atoms. The molecule has 0 saturated carbocycles. The van der Waals surface area contributed by atoms with E-state index in [2.05, 4.69) is 17.0 Å². The summed E-state index contributed by atoms with van der Waals surface area (Å²) in [7, 11) is 3.83. The van der Waals surface area contributed by atoms with Gasteiger partial charge in [-0.05, 0) is 37.7 Å². The van der Waals surface area contributed by atoms with Gasteiger partial charge >= 0.3 is 0 Å². The molecule has 1 atom stereocenters. The van der Waals surface area contributed by atoms with Crippen molar-refractivity contribution in [2.45, 2.75) is 31.7 Å². The minimum Gasteiger partial charge on any atom is -0.340 e. The first-order valence-electron chi connectivity index (χ1n) is 12.4. The van der Waals surface area contributed by atoms with Crippen LogP contribution < -0.4 is 0 Å². The predicted octanol–water partition coefficient (Wildman–Crippen LogP) is 2.29. The topological polar surface area (TPSA) is 64.2 Å². The highest BCUT2D eigenvalue weighted by molar-refractivity contribution is 6.11. The Morgan fingerprint density at radius 1 is 0.943 bits per heavy atom. The summed E-state index contributed by atoms with van der Waals surface area (Å²) in [5.74, 6) is -0.487. The minimum atomic E-state index is -1.13. The molecule has 2 aliphatic rings. The van der Waals surface area contributed by atoms with Crippen LogP contribution in [0.4, 0.5) is 0 Å². The van der Waals surface area contributed by atoms with Gasteiger partial charge in [0, 0.05) is 58.7 Å². The zero-order valence-electron chi connectivity index (χ0n) is 21.1. The van der Waals surface area contributed by atoms with E-state index in [0.717, 1.165) is 30.8 Å². The lowest BCUT2D eigenvalue weighted by Crippen LogP contribution is -2.51. The molecule has 35 heavy (non-hydrogen) atoms. The SMILES string of the molecule is Cc1ccccc1C1(CC(=O)N2CCN(Cc3ccccc3)CC2)CC(=O)N(CCN(C)C)C1=O. The first kappa shape index (κ1) is 25.1. The Labute approximate surface area is 208 Å². The number of nitrogens with zero attached hydrogens (tertiary/aromatic N) is 4. The van der Waals surface area contributed by atoms with Crippen LogP contribution in [0.25, 0.3) is 0 Å². The summed E-state index contributed by atoms with van der Waals surface area (Å²) >= 11 is 0. The number of carbonyl (C=O) groups excluding carboxylic acids is 3. The van der Waals surface area contributed by atoms with Crippen LogP contribution in [-0.4, -0.2) is 90.7 Å². The lowest BCUT2D eigenvalue weighted by Gasteiger charge is -2.37. The Kier molecular flexibility index (Phi) is 7.67. The quantitative estimate of drug-likeness (QED) is 0.547. The van der Waals surface area contributed by atoms with Gasteiger partial charge in [0.25, 0.3) is 0 Å². The second-order valence-corrected chi connectivity index (χ2v) is 10.0. The van der Waals surface area contributed by atoms with Gasteiger partial charge in [-0.3, -0.25) is 24.2 Å². The van der Waals surface area contributed by atoms with Crippen LogP contribution in [0, 0.1) is 6.92 Å². The lowest BCUT2D eigenvalue weighted by molar-refractivity contribution is -0.143. The molecule has 2 aromatic carbocycles. The average molecular weight is 477 g/mol. The molecule has 0 radical (unpaired) electrons. The second-order valence-electron chi connectivity index (χ2n) is 10.0. The van der Waals surface area contributed by atoms with Gasteiger partial charge in [0.05, 0.1) is 5.41 Å². The number of imide groups is 1. The molecular formula is C28H36N4O3. The van der Waals surface area contributed by atoms with Crippen molar-refractivity contribution in [1.82, 2.24) is 19.6 Å². The van der Waals surface area contributed by atoms with Gasteiger partial charge in [0.15, 0.2) is 0 Å². The molecule has 4 rings (SSSR count). The Balaban J connectivity index is 1.49. The van der Waals surface area contributed by atoms with E-state index in [4.69, 9.17) is 0 Å².